The van der Waals surface area contributed by atoms with Gasteiger partial charge in [-0.2, -0.15) is 4.31 Å². The lowest BCUT2D eigenvalue weighted by Crippen LogP contribution is -2.40. The van der Waals surface area contributed by atoms with Gasteiger partial charge in [0.1, 0.15) is 5.75 Å². The Morgan fingerprint density at radius 1 is 1.00 bits per heavy atom. The minimum Gasteiger partial charge on any atom is -0.483 e. The largest absolute Gasteiger partial charge is 0.483 e. The number of ether oxygens (including phenoxy) is 2. The van der Waals surface area contributed by atoms with Gasteiger partial charge in [-0.15, -0.1) is 0 Å². The van der Waals surface area contributed by atoms with Gasteiger partial charge in [0.25, 0.3) is 5.91 Å². The highest BCUT2D eigenvalue weighted by molar-refractivity contribution is 7.89. The maximum absolute atomic E-state index is 12.9. The third-order valence-corrected chi connectivity index (χ3v) is 7.37. The fourth-order valence-corrected chi connectivity index (χ4v) is 5.07. The van der Waals surface area contributed by atoms with Gasteiger partial charge in [-0.05, 0) is 29.8 Å². The average Bonchev–Trinajstić information content (AvgIpc) is 2.85. The summed E-state index contributed by atoms with van der Waals surface area (Å²) in [4.78, 5) is 12.6. The molecule has 33 heavy (non-hydrogen) atoms. The van der Waals surface area contributed by atoms with E-state index in [1.807, 2.05) is 48.5 Å². The number of rotatable bonds is 7. The van der Waals surface area contributed by atoms with E-state index in [1.165, 1.54) is 22.5 Å². The summed E-state index contributed by atoms with van der Waals surface area (Å²) in [6.45, 7) is 0.986. The van der Waals surface area contributed by atoms with Crippen molar-refractivity contribution in [2.45, 2.75) is 4.90 Å². The molecule has 1 N–H and O–H groups in total. The fourth-order valence-electron chi connectivity index (χ4n) is 3.47. The first-order valence-corrected chi connectivity index (χ1v) is 12.2. The number of nitrogens with one attached hydrogen (secondary N) is 1. The minimum absolute atomic E-state index is 0.0550. The van der Waals surface area contributed by atoms with E-state index in [1.54, 1.807) is 6.07 Å². The maximum atomic E-state index is 12.9. The number of nitrogens with zero attached hydrogens (tertiary/aromatic N) is 1. The van der Waals surface area contributed by atoms with Gasteiger partial charge < -0.3 is 14.8 Å². The SMILES string of the molecule is O=C(COc1ccccc1-c1ccccc1)Nc1cc(S(=O)(=O)N2CCOCC2)ccc1Cl. The molecule has 1 amide bonds. The number of hydrogen-bond acceptors (Lipinski definition) is 5. The van der Waals surface area contributed by atoms with Gasteiger partial charge in [0, 0.05) is 18.7 Å². The molecule has 0 spiro atoms. The van der Waals surface area contributed by atoms with Gasteiger partial charge >= 0.3 is 0 Å². The molecule has 1 aliphatic heterocycles. The van der Waals surface area contributed by atoms with Crippen LogP contribution in [0.25, 0.3) is 11.1 Å². The third kappa shape index (κ3) is 5.54. The van der Waals surface area contributed by atoms with E-state index in [-0.39, 0.29) is 35.3 Å². The molecule has 7 nitrogen and oxygen atoms in total. The third-order valence-electron chi connectivity index (χ3n) is 5.15. The number of carbonyl (C=O) groups excluding carboxylic acids is 1. The number of sulfonamides is 1. The molecule has 0 atom stereocenters. The summed E-state index contributed by atoms with van der Waals surface area (Å²) in [5.41, 5.74) is 2.04. The molecule has 9 heteroatoms. The van der Waals surface area contributed by atoms with E-state index in [4.69, 9.17) is 21.1 Å². The zero-order valence-electron chi connectivity index (χ0n) is 17.7. The summed E-state index contributed by atoms with van der Waals surface area (Å²) < 4.78 is 38.2. The highest BCUT2D eigenvalue weighted by atomic mass is 35.5. The van der Waals surface area contributed by atoms with E-state index in [0.29, 0.717) is 19.0 Å². The fraction of sp³-hybridized carbons (Fsp3) is 0.208. The lowest BCUT2D eigenvalue weighted by atomic mass is 10.1. The highest BCUT2D eigenvalue weighted by Gasteiger charge is 2.27. The second-order valence-electron chi connectivity index (χ2n) is 7.36. The number of anilines is 1. The number of hydrogen-bond donors (Lipinski definition) is 1. The van der Waals surface area contributed by atoms with Crippen LogP contribution in [0, 0.1) is 0 Å². The number of para-hydroxylation sites is 1. The van der Waals surface area contributed by atoms with Gasteiger partial charge in [-0.25, -0.2) is 8.42 Å². The summed E-state index contributed by atoms with van der Waals surface area (Å²) >= 11 is 6.21. The standard InChI is InChI=1S/C24H23ClN2O5S/c25-21-11-10-19(33(29,30)27-12-14-31-15-13-27)16-22(21)26-24(28)17-32-23-9-5-4-8-20(23)18-6-2-1-3-7-18/h1-11,16H,12-15,17H2,(H,26,28). The minimum atomic E-state index is -3.72. The van der Waals surface area contributed by atoms with Crippen molar-refractivity contribution in [1.29, 1.82) is 0 Å². The quantitative estimate of drug-likeness (QED) is 0.544. The molecule has 1 heterocycles. The lowest BCUT2D eigenvalue weighted by molar-refractivity contribution is -0.118. The van der Waals surface area contributed by atoms with Crippen molar-refractivity contribution in [1.82, 2.24) is 4.31 Å². The second kappa shape index (κ2) is 10.4. The van der Waals surface area contributed by atoms with Crippen molar-refractivity contribution in [3.05, 3.63) is 77.8 Å². The highest BCUT2D eigenvalue weighted by Crippen LogP contribution is 2.30. The van der Waals surface area contributed by atoms with Crippen LogP contribution in [0.1, 0.15) is 0 Å². The number of benzene rings is 3. The van der Waals surface area contributed by atoms with Gasteiger partial charge in [0.2, 0.25) is 10.0 Å². The van der Waals surface area contributed by atoms with Crippen molar-refractivity contribution in [3.8, 4) is 16.9 Å². The summed E-state index contributed by atoms with van der Waals surface area (Å²) in [5.74, 6) is 0.106. The smallest absolute Gasteiger partial charge is 0.262 e. The van der Waals surface area contributed by atoms with E-state index in [0.717, 1.165) is 11.1 Å². The van der Waals surface area contributed by atoms with Crippen molar-refractivity contribution < 1.29 is 22.7 Å². The Kier molecular flexibility index (Phi) is 7.29. The zero-order valence-corrected chi connectivity index (χ0v) is 19.3. The van der Waals surface area contributed by atoms with Gasteiger partial charge in [0.15, 0.2) is 6.61 Å². The Morgan fingerprint density at radius 2 is 1.70 bits per heavy atom. The number of amides is 1. The van der Waals surface area contributed by atoms with Crippen LogP contribution in [0.5, 0.6) is 5.75 Å². The molecule has 0 bridgehead atoms. The molecule has 0 aliphatic carbocycles. The monoisotopic (exact) mass is 486 g/mol. The molecule has 3 aromatic carbocycles. The molecule has 3 aromatic rings. The van der Waals surface area contributed by atoms with Crippen LogP contribution in [-0.4, -0.2) is 51.5 Å². The van der Waals surface area contributed by atoms with Crippen molar-refractivity contribution in [2.75, 3.05) is 38.2 Å². The van der Waals surface area contributed by atoms with Gasteiger partial charge in [-0.1, -0.05) is 60.1 Å². The number of morpholine rings is 1. The zero-order chi connectivity index (χ0) is 23.3. The molecule has 172 valence electrons. The molecule has 1 aliphatic rings. The van der Waals surface area contributed by atoms with Gasteiger partial charge in [-0.3, -0.25) is 4.79 Å². The van der Waals surface area contributed by atoms with Crippen LogP contribution in [0.15, 0.2) is 77.7 Å². The van der Waals surface area contributed by atoms with E-state index in [2.05, 4.69) is 5.32 Å². The lowest BCUT2D eigenvalue weighted by Gasteiger charge is -2.26. The van der Waals surface area contributed by atoms with Crippen LogP contribution in [0.2, 0.25) is 5.02 Å². The van der Waals surface area contributed by atoms with E-state index < -0.39 is 15.9 Å². The Balaban J connectivity index is 1.46. The van der Waals surface area contributed by atoms with Crippen molar-refractivity contribution in [3.63, 3.8) is 0 Å². The maximum Gasteiger partial charge on any atom is 0.262 e. The Hall–Kier alpha value is -2.91. The molecular formula is C24H23ClN2O5S. The summed E-state index contributed by atoms with van der Waals surface area (Å²) in [6, 6.07) is 21.4. The van der Waals surface area contributed by atoms with E-state index >= 15 is 0 Å². The number of carbonyl (C=O) groups is 1. The first-order valence-electron chi connectivity index (χ1n) is 10.4. The van der Waals surface area contributed by atoms with Crippen LogP contribution >= 0.6 is 11.6 Å². The number of halogens is 1. The van der Waals surface area contributed by atoms with Crippen LogP contribution < -0.4 is 10.1 Å². The Bertz CT molecular complexity index is 1230. The Morgan fingerprint density at radius 3 is 2.45 bits per heavy atom. The predicted octanol–water partition coefficient (Wildman–Crippen LogP) is 4.05. The molecule has 0 aromatic heterocycles. The average molecular weight is 487 g/mol. The van der Waals surface area contributed by atoms with E-state index in [9.17, 15) is 13.2 Å². The van der Waals surface area contributed by atoms with Crippen LogP contribution in [0.3, 0.4) is 0 Å². The summed E-state index contributed by atoms with van der Waals surface area (Å²) in [7, 11) is -3.72. The van der Waals surface area contributed by atoms with Gasteiger partial charge in [0.05, 0.1) is 28.8 Å². The van der Waals surface area contributed by atoms with Crippen LogP contribution in [-0.2, 0) is 19.6 Å². The molecular weight excluding hydrogens is 464 g/mol. The molecule has 1 fully saturated rings. The first-order chi connectivity index (χ1) is 15.9. The molecule has 4 rings (SSSR count). The molecule has 0 unspecified atom stereocenters. The first kappa shape index (κ1) is 23.3. The molecule has 0 radical (unpaired) electrons. The van der Waals surface area contributed by atoms with Crippen molar-refractivity contribution in [2.24, 2.45) is 0 Å². The molecule has 0 saturated carbocycles. The topological polar surface area (TPSA) is 84.9 Å². The summed E-state index contributed by atoms with van der Waals surface area (Å²) in [6.07, 6.45) is 0. The predicted molar refractivity (Wildman–Crippen MR) is 127 cm³/mol. The van der Waals surface area contributed by atoms with Crippen LogP contribution in [0.4, 0.5) is 5.69 Å². The second-order valence-corrected chi connectivity index (χ2v) is 9.70. The molecule has 1 saturated heterocycles. The normalized spacial score (nSPS) is 14.6. The van der Waals surface area contributed by atoms with Crippen molar-refractivity contribution >= 4 is 33.2 Å². The Labute approximate surface area is 197 Å². The summed E-state index contributed by atoms with van der Waals surface area (Å²) in [5, 5.41) is 2.88.